The molecule has 3 rings (SSSR count). The number of carbonyl (C=O) groups excluding carboxylic acids is 1. The van der Waals surface area contributed by atoms with Crippen molar-refractivity contribution < 1.29 is 28.5 Å². The SMILES string of the molecule is O=C(NC[C@]1(O)CC[C@H](COCc2cccc(F)c2)CC1)c1ccc(O)c(F)c1. The van der Waals surface area contributed by atoms with Crippen LogP contribution >= 0.6 is 0 Å². The number of benzene rings is 2. The number of amides is 1. The summed E-state index contributed by atoms with van der Waals surface area (Å²) in [5, 5.41) is 22.5. The molecule has 1 fully saturated rings. The average molecular weight is 405 g/mol. The van der Waals surface area contributed by atoms with E-state index in [1.807, 2.05) is 6.07 Å². The van der Waals surface area contributed by atoms with Crippen LogP contribution in [0.4, 0.5) is 8.78 Å². The minimum absolute atomic E-state index is 0.0746. The molecular formula is C22H25F2NO4. The largest absolute Gasteiger partial charge is 0.505 e. The van der Waals surface area contributed by atoms with Gasteiger partial charge in [0.15, 0.2) is 11.6 Å². The maximum atomic E-state index is 13.4. The summed E-state index contributed by atoms with van der Waals surface area (Å²) in [6, 6.07) is 9.70. The third-order valence-corrected chi connectivity index (χ3v) is 5.34. The van der Waals surface area contributed by atoms with E-state index in [2.05, 4.69) is 5.32 Å². The highest BCUT2D eigenvalue weighted by molar-refractivity contribution is 5.94. The summed E-state index contributed by atoms with van der Waals surface area (Å²) in [4.78, 5) is 12.1. The lowest BCUT2D eigenvalue weighted by atomic mass is 9.79. The molecule has 7 heteroatoms. The monoisotopic (exact) mass is 405 g/mol. The second-order valence-corrected chi connectivity index (χ2v) is 7.66. The summed E-state index contributed by atoms with van der Waals surface area (Å²) in [6.45, 7) is 0.953. The first-order valence-corrected chi connectivity index (χ1v) is 9.66. The minimum atomic E-state index is -1.01. The van der Waals surface area contributed by atoms with Crippen molar-refractivity contribution in [2.45, 2.75) is 37.9 Å². The molecule has 0 aliphatic heterocycles. The van der Waals surface area contributed by atoms with Crippen molar-refractivity contribution in [1.29, 1.82) is 0 Å². The molecule has 2 aromatic carbocycles. The fourth-order valence-electron chi connectivity index (χ4n) is 3.52. The summed E-state index contributed by atoms with van der Waals surface area (Å²) in [7, 11) is 0. The Morgan fingerprint density at radius 2 is 1.93 bits per heavy atom. The molecule has 0 aromatic heterocycles. The summed E-state index contributed by atoms with van der Waals surface area (Å²) in [5.41, 5.74) is -0.140. The lowest BCUT2D eigenvalue weighted by Crippen LogP contribution is -2.45. The predicted molar refractivity (Wildman–Crippen MR) is 103 cm³/mol. The van der Waals surface area contributed by atoms with Crippen molar-refractivity contribution in [1.82, 2.24) is 5.32 Å². The highest BCUT2D eigenvalue weighted by Crippen LogP contribution is 2.32. The molecule has 0 atom stereocenters. The molecule has 1 saturated carbocycles. The van der Waals surface area contributed by atoms with E-state index in [-0.39, 0.29) is 17.9 Å². The highest BCUT2D eigenvalue weighted by atomic mass is 19.1. The molecule has 3 N–H and O–H groups in total. The van der Waals surface area contributed by atoms with Gasteiger partial charge in [-0.3, -0.25) is 4.79 Å². The summed E-state index contributed by atoms with van der Waals surface area (Å²) in [5.74, 6) is -1.87. The Hall–Kier alpha value is -2.51. The number of hydrogen-bond donors (Lipinski definition) is 3. The molecule has 1 aliphatic carbocycles. The van der Waals surface area contributed by atoms with Crippen molar-refractivity contribution >= 4 is 5.91 Å². The molecule has 0 radical (unpaired) electrons. The van der Waals surface area contributed by atoms with Gasteiger partial charge in [-0.15, -0.1) is 0 Å². The number of phenolic OH excluding ortho intramolecular Hbond substituents is 1. The maximum absolute atomic E-state index is 13.4. The van der Waals surface area contributed by atoms with Gasteiger partial charge in [-0.2, -0.15) is 0 Å². The fraction of sp³-hybridized carbons (Fsp3) is 0.409. The molecule has 5 nitrogen and oxygen atoms in total. The number of hydrogen-bond acceptors (Lipinski definition) is 4. The van der Waals surface area contributed by atoms with Gasteiger partial charge >= 0.3 is 0 Å². The molecule has 0 unspecified atom stereocenters. The second-order valence-electron chi connectivity index (χ2n) is 7.66. The van der Waals surface area contributed by atoms with E-state index in [0.29, 0.717) is 32.0 Å². The van der Waals surface area contributed by atoms with Gasteiger partial charge in [-0.1, -0.05) is 12.1 Å². The number of rotatable bonds is 7. The van der Waals surface area contributed by atoms with Crippen LogP contribution in [0.15, 0.2) is 42.5 Å². The molecule has 0 saturated heterocycles. The van der Waals surface area contributed by atoms with Gasteiger partial charge in [0, 0.05) is 18.7 Å². The maximum Gasteiger partial charge on any atom is 0.251 e. The van der Waals surface area contributed by atoms with Gasteiger partial charge in [0.2, 0.25) is 0 Å². The molecule has 156 valence electrons. The first-order valence-electron chi connectivity index (χ1n) is 9.66. The number of phenols is 1. The third kappa shape index (κ3) is 5.98. The van der Waals surface area contributed by atoms with Crippen LogP contribution in [0.3, 0.4) is 0 Å². The zero-order valence-corrected chi connectivity index (χ0v) is 16.0. The lowest BCUT2D eigenvalue weighted by Gasteiger charge is -2.36. The summed E-state index contributed by atoms with van der Waals surface area (Å²) < 4.78 is 32.2. The first-order chi connectivity index (χ1) is 13.8. The Balaban J connectivity index is 1.40. The van der Waals surface area contributed by atoms with E-state index in [1.165, 1.54) is 18.2 Å². The van der Waals surface area contributed by atoms with Crippen molar-refractivity contribution in [3.05, 3.63) is 65.2 Å². The number of carbonyl (C=O) groups is 1. The van der Waals surface area contributed by atoms with E-state index in [4.69, 9.17) is 4.74 Å². The zero-order valence-electron chi connectivity index (χ0n) is 16.0. The van der Waals surface area contributed by atoms with Gasteiger partial charge in [-0.25, -0.2) is 8.78 Å². The topological polar surface area (TPSA) is 78.8 Å². The minimum Gasteiger partial charge on any atom is -0.505 e. The van der Waals surface area contributed by atoms with Gasteiger partial charge in [0.1, 0.15) is 5.82 Å². The van der Waals surface area contributed by atoms with Crippen LogP contribution in [0.5, 0.6) is 5.75 Å². The van der Waals surface area contributed by atoms with Crippen LogP contribution < -0.4 is 5.32 Å². The number of nitrogens with one attached hydrogen (secondary N) is 1. The Bertz CT molecular complexity index is 850. The van der Waals surface area contributed by atoms with E-state index in [1.54, 1.807) is 6.07 Å². The Labute approximate surface area is 168 Å². The predicted octanol–water partition coefficient (Wildman–Crippen LogP) is 3.54. The van der Waals surface area contributed by atoms with Crippen LogP contribution in [-0.4, -0.2) is 34.9 Å². The van der Waals surface area contributed by atoms with Crippen LogP contribution in [-0.2, 0) is 11.3 Å². The summed E-state index contributed by atoms with van der Waals surface area (Å²) in [6.07, 6.45) is 2.54. The second kappa shape index (κ2) is 9.33. The van der Waals surface area contributed by atoms with Gasteiger partial charge in [-0.05, 0) is 67.5 Å². The first kappa shape index (κ1) is 21.2. The van der Waals surface area contributed by atoms with E-state index >= 15 is 0 Å². The Kier molecular flexibility index (Phi) is 6.82. The average Bonchev–Trinajstić information content (AvgIpc) is 2.70. The van der Waals surface area contributed by atoms with Crippen molar-refractivity contribution in [3.8, 4) is 5.75 Å². The van der Waals surface area contributed by atoms with Gasteiger partial charge < -0.3 is 20.3 Å². The number of ether oxygens (including phenoxy) is 1. The molecule has 29 heavy (non-hydrogen) atoms. The number of halogens is 2. The van der Waals surface area contributed by atoms with Crippen molar-refractivity contribution in [3.63, 3.8) is 0 Å². The Morgan fingerprint density at radius 3 is 2.62 bits per heavy atom. The molecule has 2 aromatic rings. The third-order valence-electron chi connectivity index (χ3n) is 5.34. The van der Waals surface area contributed by atoms with Crippen molar-refractivity contribution in [2.75, 3.05) is 13.2 Å². The van der Waals surface area contributed by atoms with Gasteiger partial charge in [0.25, 0.3) is 5.91 Å². The molecule has 0 bridgehead atoms. The van der Waals surface area contributed by atoms with Crippen LogP contribution in [0.1, 0.15) is 41.6 Å². The molecule has 1 aliphatic rings. The van der Waals surface area contributed by atoms with E-state index < -0.39 is 23.1 Å². The standard InChI is InChI=1S/C22H25F2NO4/c23-18-3-1-2-16(10-18)13-29-12-15-6-8-22(28,9-7-15)14-25-21(27)17-4-5-20(26)19(24)11-17/h1-5,10-11,15,26,28H,6-9,12-14H2,(H,25,27)/t15-,22-. The van der Waals surface area contributed by atoms with E-state index in [9.17, 15) is 23.8 Å². The van der Waals surface area contributed by atoms with Crippen LogP contribution in [0, 0.1) is 17.6 Å². The van der Waals surface area contributed by atoms with Crippen LogP contribution in [0.2, 0.25) is 0 Å². The van der Waals surface area contributed by atoms with Crippen LogP contribution in [0.25, 0.3) is 0 Å². The van der Waals surface area contributed by atoms with E-state index in [0.717, 1.165) is 30.5 Å². The summed E-state index contributed by atoms with van der Waals surface area (Å²) >= 11 is 0. The number of aromatic hydroxyl groups is 1. The van der Waals surface area contributed by atoms with Crippen molar-refractivity contribution in [2.24, 2.45) is 5.92 Å². The smallest absolute Gasteiger partial charge is 0.251 e. The fourth-order valence-corrected chi connectivity index (χ4v) is 3.52. The molecule has 0 spiro atoms. The molecule has 1 amide bonds. The lowest BCUT2D eigenvalue weighted by molar-refractivity contribution is -0.0239. The van der Waals surface area contributed by atoms with Gasteiger partial charge in [0.05, 0.1) is 12.2 Å². The highest BCUT2D eigenvalue weighted by Gasteiger charge is 2.33. The quantitative estimate of drug-likeness (QED) is 0.658. The zero-order chi connectivity index (χ0) is 20.9. The number of aliphatic hydroxyl groups is 1. The molecule has 0 heterocycles. The normalized spacial score (nSPS) is 21.7. The Morgan fingerprint density at radius 1 is 1.17 bits per heavy atom. The molecular weight excluding hydrogens is 380 g/mol.